The van der Waals surface area contributed by atoms with E-state index in [1.54, 1.807) is 18.2 Å². The third-order valence-electron chi connectivity index (χ3n) is 6.56. The molecule has 2 amide bonds. The third kappa shape index (κ3) is 4.41. The van der Waals surface area contributed by atoms with Crippen LogP contribution in [0.25, 0.3) is 0 Å². The second-order valence-corrected chi connectivity index (χ2v) is 9.46. The maximum Gasteiger partial charge on any atom is 0.259 e. The molecule has 1 aliphatic heterocycles. The Labute approximate surface area is 195 Å². The number of nitrogens with two attached hydrogens (primary N) is 1. The minimum atomic E-state index is -0.383. The maximum absolute atomic E-state index is 13.9. The van der Waals surface area contributed by atoms with E-state index in [0.29, 0.717) is 16.8 Å². The van der Waals surface area contributed by atoms with Crippen LogP contribution in [0.15, 0.2) is 66.7 Å². The van der Waals surface area contributed by atoms with Crippen molar-refractivity contribution in [2.75, 3.05) is 10.2 Å². The van der Waals surface area contributed by atoms with Gasteiger partial charge in [0.05, 0.1) is 0 Å². The first kappa shape index (κ1) is 22.7. The highest BCUT2D eigenvalue weighted by molar-refractivity contribution is 6.09. The highest BCUT2D eigenvalue weighted by atomic mass is 16.2. The van der Waals surface area contributed by atoms with Gasteiger partial charge in [0, 0.05) is 34.1 Å². The van der Waals surface area contributed by atoms with Crippen molar-refractivity contribution in [1.29, 1.82) is 0 Å². The van der Waals surface area contributed by atoms with Gasteiger partial charge in [-0.2, -0.15) is 0 Å². The van der Waals surface area contributed by atoms with Gasteiger partial charge in [0.25, 0.3) is 11.8 Å². The first-order valence-corrected chi connectivity index (χ1v) is 11.4. The largest absolute Gasteiger partial charge is 0.324 e. The summed E-state index contributed by atoms with van der Waals surface area (Å²) < 4.78 is 0. The molecule has 5 nitrogen and oxygen atoms in total. The van der Waals surface area contributed by atoms with Gasteiger partial charge in [0.15, 0.2) is 0 Å². The van der Waals surface area contributed by atoms with Crippen molar-refractivity contribution < 1.29 is 9.59 Å². The minimum absolute atomic E-state index is 0.0594. The van der Waals surface area contributed by atoms with Gasteiger partial charge in [-0.3, -0.25) is 9.59 Å². The summed E-state index contributed by atoms with van der Waals surface area (Å²) in [7, 11) is 0. The average molecular weight is 442 g/mol. The highest BCUT2D eigenvalue weighted by Gasteiger charge is 2.38. The quantitative estimate of drug-likeness (QED) is 0.541. The zero-order valence-corrected chi connectivity index (χ0v) is 19.7. The number of fused-ring (bicyclic) bond motifs is 1. The standard InChI is InChI=1S/C28H31N3O2/c1-18-9-5-6-10-21(18)26(32)30-20-13-14-22(19(2)17-20)27(33)31-25-12-8-7-11-23(25)24(29)15-16-28(31,3)4/h5-14,17,24H,15-16,29H2,1-4H3,(H,30,32). The number of nitrogens with zero attached hydrogens (tertiary/aromatic N) is 1. The Hall–Kier alpha value is -3.44. The van der Waals surface area contributed by atoms with Gasteiger partial charge < -0.3 is 16.0 Å². The molecule has 1 atom stereocenters. The van der Waals surface area contributed by atoms with E-state index in [1.807, 2.05) is 67.3 Å². The van der Waals surface area contributed by atoms with E-state index in [-0.39, 0.29) is 23.4 Å². The van der Waals surface area contributed by atoms with E-state index < -0.39 is 0 Å². The molecule has 1 unspecified atom stereocenters. The second kappa shape index (κ2) is 8.83. The smallest absolute Gasteiger partial charge is 0.259 e. The average Bonchev–Trinajstić information content (AvgIpc) is 2.87. The number of nitrogens with one attached hydrogen (secondary N) is 1. The van der Waals surface area contributed by atoms with Crippen LogP contribution in [0.1, 0.15) is 70.1 Å². The van der Waals surface area contributed by atoms with Crippen LogP contribution in [-0.2, 0) is 0 Å². The fraction of sp³-hybridized carbons (Fsp3) is 0.286. The Morgan fingerprint density at radius 2 is 1.64 bits per heavy atom. The number of carbonyl (C=O) groups is 2. The molecule has 3 aromatic rings. The Morgan fingerprint density at radius 1 is 0.939 bits per heavy atom. The number of aryl methyl sites for hydroxylation is 2. The second-order valence-electron chi connectivity index (χ2n) is 9.46. The fourth-order valence-corrected chi connectivity index (χ4v) is 4.62. The van der Waals surface area contributed by atoms with Crippen molar-refractivity contribution in [3.63, 3.8) is 0 Å². The molecule has 0 aromatic heterocycles. The highest BCUT2D eigenvalue weighted by Crippen LogP contribution is 2.40. The molecule has 0 saturated heterocycles. The fourth-order valence-electron chi connectivity index (χ4n) is 4.62. The van der Waals surface area contributed by atoms with Crippen molar-refractivity contribution >= 4 is 23.2 Å². The molecule has 0 bridgehead atoms. The predicted molar refractivity (Wildman–Crippen MR) is 134 cm³/mol. The number of para-hydroxylation sites is 1. The van der Waals surface area contributed by atoms with E-state index >= 15 is 0 Å². The summed E-state index contributed by atoms with van der Waals surface area (Å²) in [5.74, 6) is -0.223. The first-order valence-electron chi connectivity index (χ1n) is 11.4. The van der Waals surface area contributed by atoms with Gasteiger partial charge in [-0.05, 0) is 87.6 Å². The van der Waals surface area contributed by atoms with E-state index in [9.17, 15) is 9.59 Å². The number of carbonyl (C=O) groups excluding carboxylic acids is 2. The number of amides is 2. The molecule has 0 aliphatic carbocycles. The zero-order chi connectivity index (χ0) is 23.8. The Bertz CT molecular complexity index is 1220. The molecule has 170 valence electrons. The Kier molecular flexibility index (Phi) is 6.09. The van der Waals surface area contributed by atoms with Crippen molar-refractivity contribution in [3.8, 4) is 0 Å². The van der Waals surface area contributed by atoms with Gasteiger partial charge in [-0.15, -0.1) is 0 Å². The van der Waals surface area contributed by atoms with Crippen LogP contribution in [0.5, 0.6) is 0 Å². The Morgan fingerprint density at radius 3 is 2.36 bits per heavy atom. The molecule has 0 fully saturated rings. The van der Waals surface area contributed by atoms with E-state index in [4.69, 9.17) is 5.73 Å². The first-order chi connectivity index (χ1) is 15.7. The Balaban J connectivity index is 1.65. The van der Waals surface area contributed by atoms with Crippen LogP contribution in [0, 0.1) is 13.8 Å². The van der Waals surface area contributed by atoms with E-state index in [1.165, 1.54) is 0 Å². The summed E-state index contributed by atoms with van der Waals surface area (Å²) in [4.78, 5) is 28.5. The molecular formula is C28H31N3O2. The van der Waals surface area contributed by atoms with Crippen LogP contribution < -0.4 is 16.0 Å². The van der Waals surface area contributed by atoms with Crippen molar-refractivity contribution in [1.82, 2.24) is 0 Å². The summed E-state index contributed by atoms with van der Waals surface area (Å²) in [5.41, 5.74) is 11.6. The lowest BCUT2D eigenvalue weighted by Crippen LogP contribution is -2.48. The number of rotatable bonds is 3. The van der Waals surface area contributed by atoms with Crippen molar-refractivity contribution in [2.45, 2.75) is 52.1 Å². The molecule has 4 rings (SSSR count). The van der Waals surface area contributed by atoms with Gasteiger partial charge in [-0.25, -0.2) is 0 Å². The third-order valence-corrected chi connectivity index (χ3v) is 6.56. The predicted octanol–water partition coefficient (Wildman–Crippen LogP) is 5.77. The summed E-state index contributed by atoms with van der Waals surface area (Å²) in [6.07, 6.45) is 1.62. The monoisotopic (exact) mass is 441 g/mol. The molecule has 5 heteroatoms. The van der Waals surface area contributed by atoms with Gasteiger partial charge in [0.2, 0.25) is 0 Å². The number of anilines is 2. The summed E-state index contributed by atoms with van der Waals surface area (Å²) in [5, 5.41) is 2.95. The van der Waals surface area contributed by atoms with Gasteiger partial charge >= 0.3 is 0 Å². The number of benzene rings is 3. The molecule has 0 saturated carbocycles. The lowest BCUT2D eigenvalue weighted by atomic mass is 9.94. The van der Waals surface area contributed by atoms with Crippen molar-refractivity contribution in [3.05, 3.63) is 94.5 Å². The van der Waals surface area contributed by atoms with Crippen LogP contribution in [-0.4, -0.2) is 17.4 Å². The van der Waals surface area contributed by atoms with Crippen LogP contribution in [0.4, 0.5) is 11.4 Å². The normalized spacial score (nSPS) is 17.1. The van der Waals surface area contributed by atoms with Crippen LogP contribution >= 0.6 is 0 Å². The minimum Gasteiger partial charge on any atom is -0.324 e. The van der Waals surface area contributed by atoms with Gasteiger partial charge in [0.1, 0.15) is 0 Å². The van der Waals surface area contributed by atoms with E-state index in [0.717, 1.165) is 35.2 Å². The van der Waals surface area contributed by atoms with Gasteiger partial charge in [-0.1, -0.05) is 36.4 Å². The zero-order valence-electron chi connectivity index (χ0n) is 19.7. The summed E-state index contributed by atoms with van der Waals surface area (Å²) in [6, 6.07) is 20.7. The maximum atomic E-state index is 13.9. The van der Waals surface area contributed by atoms with E-state index in [2.05, 4.69) is 19.2 Å². The van der Waals surface area contributed by atoms with Crippen LogP contribution in [0.3, 0.4) is 0 Å². The van der Waals surface area contributed by atoms with Crippen LogP contribution in [0.2, 0.25) is 0 Å². The number of hydrogen-bond acceptors (Lipinski definition) is 3. The molecule has 3 N–H and O–H groups in total. The van der Waals surface area contributed by atoms with Crippen molar-refractivity contribution in [2.24, 2.45) is 5.73 Å². The number of hydrogen-bond donors (Lipinski definition) is 2. The SMILES string of the molecule is Cc1ccccc1C(=O)Nc1ccc(C(=O)N2c3ccccc3C(N)CCC2(C)C)c(C)c1. The molecule has 3 aromatic carbocycles. The molecular weight excluding hydrogens is 410 g/mol. The molecule has 0 radical (unpaired) electrons. The molecule has 0 spiro atoms. The lowest BCUT2D eigenvalue weighted by Gasteiger charge is -2.38. The summed E-state index contributed by atoms with van der Waals surface area (Å²) >= 11 is 0. The lowest BCUT2D eigenvalue weighted by molar-refractivity contribution is 0.0959. The molecule has 1 heterocycles. The summed E-state index contributed by atoms with van der Waals surface area (Å²) in [6.45, 7) is 7.99. The molecule has 33 heavy (non-hydrogen) atoms. The molecule has 1 aliphatic rings. The topological polar surface area (TPSA) is 75.4 Å².